The van der Waals surface area contributed by atoms with E-state index in [1.165, 1.54) is 4.31 Å². The number of nitrogens with one attached hydrogen (secondary N) is 1. The van der Waals surface area contributed by atoms with Crippen LogP contribution in [-0.2, 0) is 16.6 Å². The van der Waals surface area contributed by atoms with Crippen molar-refractivity contribution in [3.8, 4) is 17.0 Å². The SMILES string of the molecule is COc1ccnc(-c2cc(NCc3ccc(N4CCCCS4(=O)=O)cc3)ccc2Cl)c1. The molecule has 0 amide bonds. The van der Waals surface area contributed by atoms with Gasteiger partial charge in [-0.15, -0.1) is 0 Å². The van der Waals surface area contributed by atoms with Crippen molar-refractivity contribution in [3.05, 3.63) is 71.4 Å². The van der Waals surface area contributed by atoms with Gasteiger partial charge in [0.2, 0.25) is 10.0 Å². The Morgan fingerprint density at radius 1 is 1.10 bits per heavy atom. The molecule has 0 unspecified atom stereocenters. The third kappa shape index (κ3) is 4.94. The topological polar surface area (TPSA) is 71.5 Å². The normalized spacial score (nSPS) is 15.5. The number of methoxy groups -OCH3 is 1. The van der Waals surface area contributed by atoms with Gasteiger partial charge in [-0.05, 0) is 54.8 Å². The zero-order chi connectivity index (χ0) is 21.8. The molecule has 0 spiro atoms. The van der Waals surface area contributed by atoms with E-state index in [-0.39, 0.29) is 5.75 Å². The van der Waals surface area contributed by atoms with Crippen molar-refractivity contribution in [1.29, 1.82) is 0 Å². The van der Waals surface area contributed by atoms with Gasteiger partial charge in [0.25, 0.3) is 0 Å². The minimum absolute atomic E-state index is 0.220. The van der Waals surface area contributed by atoms with Crippen LogP contribution in [0, 0.1) is 0 Å². The Hall–Kier alpha value is -2.77. The van der Waals surface area contributed by atoms with Crippen molar-refractivity contribution in [2.75, 3.05) is 29.0 Å². The van der Waals surface area contributed by atoms with Crippen LogP contribution in [0.1, 0.15) is 18.4 Å². The van der Waals surface area contributed by atoms with Crippen molar-refractivity contribution in [2.24, 2.45) is 0 Å². The van der Waals surface area contributed by atoms with Crippen LogP contribution in [0.15, 0.2) is 60.8 Å². The summed E-state index contributed by atoms with van der Waals surface area (Å²) in [7, 11) is -1.58. The minimum atomic E-state index is -3.19. The number of hydrogen-bond donors (Lipinski definition) is 1. The van der Waals surface area contributed by atoms with E-state index in [2.05, 4.69) is 10.3 Å². The van der Waals surface area contributed by atoms with E-state index >= 15 is 0 Å². The van der Waals surface area contributed by atoms with Crippen LogP contribution in [0.5, 0.6) is 5.75 Å². The number of sulfonamides is 1. The number of halogens is 1. The Morgan fingerprint density at radius 2 is 1.90 bits per heavy atom. The number of rotatable bonds is 6. The lowest BCUT2D eigenvalue weighted by Gasteiger charge is -2.28. The van der Waals surface area contributed by atoms with Gasteiger partial charge in [0, 0.05) is 36.6 Å². The second-order valence-electron chi connectivity index (χ2n) is 7.39. The van der Waals surface area contributed by atoms with E-state index in [9.17, 15) is 8.42 Å². The third-order valence-corrected chi connectivity index (χ3v) is 7.48. The van der Waals surface area contributed by atoms with Crippen molar-refractivity contribution in [2.45, 2.75) is 19.4 Å². The van der Waals surface area contributed by atoms with Gasteiger partial charge in [0.1, 0.15) is 5.75 Å². The van der Waals surface area contributed by atoms with Crippen LogP contribution in [0.25, 0.3) is 11.3 Å². The average molecular weight is 458 g/mol. The first-order chi connectivity index (χ1) is 15.0. The molecule has 2 heterocycles. The van der Waals surface area contributed by atoms with Crippen LogP contribution >= 0.6 is 11.6 Å². The maximum absolute atomic E-state index is 12.3. The highest BCUT2D eigenvalue weighted by molar-refractivity contribution is 7.92. The molecule has 6 nitrogen and oxygen atoms in total. The molecule has 4 rings (SSSR count). The number of anilines is 2. The number of hydrogen-bond acceptors (Lipinski definition) is 5. The summed E-state index contributed by atoms with van der Waals surface area (Å²) in [6.45, 7) is 1.14. The fraction of sp³-hybridized carbons (Fsp3) is 0.261. The quantitative estimate of drug-likeness (QED) is 0.566. The highest BCUT2D eigenvalue weighted by Gasteiger charge is 2.25. The summed E-state index contributed by atoms with van der Waals surface area (Å²) in [6.07, 6.45) is 3.31. The predicted molar refractivity (Wildman–Crippen MR) is 125 cm³/mol. The van der Waals surface area contributed by atoms with Gasteiger partial charge in [-0.1, -0.05) is 23.7 Å². The van der Waals surface area contributed by atoms with Gasteiger partial charge >= 0.3 is 0 Å². The Morgan fingerprint density at radius 3 is 2.65 bits per heavy atom. The van der Waals surface area contributed by atoms with Gasteiger partial charge in [-0.2, -0.15) is 0 Å². The van der Waals surface area contributed by atoms with E-state index in [1.807, 2.05) is 48.5 Å². The first-order valence-corrected chi connectivity index (χ1v) is 12.1. The number of benzene rings is 2. The van der Waals surface area contributed by atoms with Crippen LogP contribution in [0.4, 0.5) is 11.4 Å². The molecule has 1 aliphatic rings. The molecular weight excluding hydrogens is 434 g/mol. The lowest BCUT2D eigenvalue weighted by Crippen LogP contribution is -2.37. The second kappa shape index (κ2) is 9.16. The van der Waals surface area contributed by atoms with Crippen molar-refractivity contribution >= 4 is 33.0 Å². The van der Waals surface area contributed by atoms with Crippen LogP contribution in [-0.4, -0.2) is 32.8 Å². The molecular formula is C23H24ClN3O3S. The lowest BCUT2D eigenvalue weighted by atomic mass is 10.1. The van der Waals surface area contributed by atoms with E-state index in [0.29, 0.717) is 18.1 Å². The molecule has 8 heteroatoms. The van der Waals surface area contributed by atoms with Gasteiger partial charge in [0.15, 0.2) is 0 Å². The highest BCUT2D eigenvalue weighted by atomic mass is 35.5. The van der Waals surface area contributed by atoms with E-state index in [0.717, 1.165) is 46.8 Å². The summed E-state index contributed by atoms with van der Waals surface area (Å²) in [5, 5.41) is 4.00. The summed E-state index contributed by atoms with van der Waals surface area (Å²) in [5.41, 5.74) is 4.23. The number of nitrogens with zero attached hydrogens (tertiary/aromatic N) is 2. The monoisotopic (exact) mass is 457 g/mol. The first kappa shape index (κ1) is 21.5. The van der Waals surface area contributed by atoms with Crippen LogP contribution in [0.2, 0.25) is 5.02 Å². The zero-order valence-electron chi connectivity index (χ0n) is 17.2. The number of ether oxygens (including phenoxy) is 1. The smallest absolute Gasteiger partial charge is 0.235 e. The molecule has 0 aliphatic carbocycles. The molecule has 1 saturated heterocycles. The summed E-state index contributed by atoms with van der Waals surface area (Å²) in [6, 6.07) is 17.0. The summed E-state index contributed by atoms with van der Waals surface area (Å²) < 4.78 is 31.4. The molecule has 1 aliphatic heterocycles. The third-order valence-electron chi connectivity index (χ3n) is 5.28. The fourth-order valence-corrected chi connectivity index (χ4v) is 5.43. The van der Waals surface area contributed by atoms with Gasteiger partial charge in [0.05, 0.1) is 29.3 Å². The van der Waals surface area contributed by atoms with Crippen LogP contribution < -0.4 is 14.4 Å². The maximum atomic E-state index is 12.3. The average Bonchev–Trinajstić information content (AvgIpc) is 2.79. The fourth-order valence-electron chi connectivity index (χ4n) is 3.58. The minimum Gasteiger partial charge on any atom is -0.497 e. The summed E-state index contributed by atoms with van der Waals surface area (Å²) in [5.74, 6) is 0.937. The summed E-state index contributed by atoms with van der Waals surface area (Å²) in [4.78, 5) is 4.40. The first-order valence-electron chi connectivity index (χ1n) is 10.1. The van der Waals surface area contributed by atoms with Gasteiger partial charge < -0.3 is 10.1 Å². The van der Waals surface area contributed by atoms with Crippen molar-refractivity contribution < 1.29 is 13.2 Å². The highest BCUT2D eigenvalue weighted by Crippen LogP contribution is 2.31. The molecule has 162 valence electrons. The summed E-state index contributed by atoms with van der Waals surface area (Å²) >= 11 is 6.40. The van der Waals surface area contributed by atoms with E-state index < -0.39 is 10.0 Å². The number of aromatic nitrogens is 1. The standard InChI is InChI=1S/C23H24ClN3O3S/c1-30-20-10-11-25-23(15-20)21-14-18(6-9-22(21)24)26-16-17-4-7-19(8-5-17)27-12-2-3-13-31(27,28)29/h4-11,14-15,26H,2-3,12-13,16H2,1H3. The molecule has 0 atom stereocenters. The van der Waals surface area contributed by atoms with E-state index in [4.69, 9.17) is 16.3 Å². The number of pyridine rings is 1. The molecule has 1 aromatic heterocycles. The molecule has 3 aromatic rings. The Bertz CT molecular complexity index is 1170. The molecule has 31 heavy (non-hydrogen) atoms. The molecule has 0 saturated carbocycles. The Balaban J connectivity index is 1.47. The molecule has 1 N–H and O–H groups in total. The van der Waals surface area contributed by atoms with Crippen LogP contribution in [0.3, 0.4) is 0 Å². The largest absolute Gasteiger partial charge is 0.497 e. The predicted octanol–water partition coefficient (Wildman–Crippen LogP) is 4.95. The van der Waals surface area contributed by atoms with Crippen molar-refractivity contribution in [3.63, 3.8) is 0 Å². The van der Waals surface area contributed by atoms with Crippen molar-refractivity contribution in [1.82, 2.24) is 4.98 Å². The molecule has 1 fully saturated rings. The zero-order valence-corrected chi connectivity index (χ0v) is 18.8. The maximum Gasteiger partial charge on any atom is 0.235 e. The molecule has 0 bridgehead atoms. The Kier molecular flexibility index (Phi) is 6.34. The van der Waals surface area contributed by atoms with E-state index in [1.54, 1.807) is 19.4 Å². The van der Waals surface area contributed by atoms with Gasteiger partial charge in [-0.3, -0.25) is 9.29 Å². The lowest BCUT2D eigenvalue weighted by molar-refractivity contribution is 0.414. The Labute approximate surface area is 187 Å². The molecule has 2 aromatic carbocycles. The second-order valence-corrected chi connectivity index (χ2v) is 9.81. The van der Waals surface area contributed by atoms with Gasteiger partial charge in [-0.25, -0.2) is 8.42 Å². The molecule has 0 radical (unpaired) electrons.